The van der Waals surface area contributed by atoms with Gasteiger partial charge in [0, 0.05) is 13.6 Å². The molecule has 19 heavy (non-hydrogen) atoms. The molecule has 4 aliphatic carbocycles. The van der Waals surface area contributed by atoms with E-state index in [2.05, 4.69) is 22.9 Å². The van der Waals surface area contributed by atoms with Crippen LogP contribution in [0.25, 0.3) is 0 Å². The SMILES string of the molecule is CCC(Br)C(=O)N(C)CC12CC3CC(CC(C3)C1)C2. The molecule has 0 aromatic heterocycles. The van der Waals surface area contributed by atoms with Gasteiger partial charge in [-0.15, -0.1) is 0 Å². The van der Waals surface area contributed by atoms with Gasteiger partial charge in [-0.1, -0.05) is 22.9 Å². The first-order valence-electron chi connectivity index (χ1n) is 7.90. The van der Waals surface area contributed by atoms with Gasteiger partial charge in [-0.3, -0.25) is 4.79 Å². The van der Waals surface area contributed by atoms with Crippen LogP contribution in [-0.2, 0) is 4.79 Å². The fourth-order valence-corrected chi connectivity index (χ4v) is 5.83. The van der Waals surface area contributed by atoms with Gasteiger partial charge in [0.25, 0.3) is 0 Å². The van der Waals surface area contributed by atoms with Crippen LogP contribution in [0.3, 0.4) is 0 Å². The van der Waals surface area contributed by atoms with Gasteiger partial charge in [0.05, 0.1) is 4.83 Å². The average Bonchev–Trinajstić information content (AvgIpc) is 2.34. The number of nitrogens with zero attached hydrogens (tertiary/aromatic N) is 1. The number of halogens is 1. The second-order valence-electron chi connectivity index (χ2n) is 7.49. The van der Waals surface area contributed by atoms with Crippen molar-refractivity contribution in [1.82, 2.24) is 4.90 Å². The highest BCUT2D eigenvalue weighted by atomic mass is 79.9. The molecule has 4 rings (SSSR count). The molecule has 4 fully saturated rings. The van der Waals surface area contributed by atoms with Crippen LogP contribution in [-0.4, -0.2) is 29.2 Å². The fourth-order valence-electron chi connectivity index (χ4n) is 5.48. The molecular formula is C16H26BrNO. The number of carbonyl (C=O) groups is 1. The molecule has 1 atom stereocenters. The van der Waals surface area contributed by atoms with Gasteiger partial charge < -0.3 is 4.90 Å². The highest BCUT2D eigenvalue weighted by Gasteiger charge is 2.51. The lowest BCUT2D eigenvalue weighted by molar-refractivity contribution is -0.134. The Morgan fingerprint density at radius 3 is 2.11 bits per heavy atom. The van der Waals surface area contributed by atoms with E-state index in [-0.39, 0.29) is 10.7 Å². The van der Waals surface area contributed by atoms with Crippen LogP contribution in [0.5, 0.6) is 0 Å². The summed E-state index contributed by atoms with van der Waals surface area (Å²) in [6, 6.07) is 0. The maximum Gasteiger partial charge on any atom is 0.236 e. The maximum atomic E-state index is 12.3. The number of hydrogen-bond donors (Lipinski definition) is 0. The highest BCUT2D eigenvalue weighted by molar-refractivity contribution is 9.10. The lowest BCUT2D eigenvalue weighted by atomic mass is 9.49. The molecule has 4 bridgehead atoms. The summed E-state index contributed by atoms with van der Waals surface area (Å²) in [6.45, 7) is 3.06. The van der Waals surface area contributed by atoms with E-state index in [1.807, 2.05) is 11.9 Å². The quantitative estimate of drug-likeness (QED) is 0.718. The summed E-state index contributed by atoms with van der Waals surface area (Å²) in [6.07, 6.45) is 9.47. The van der Waals surface area contributed by atoms with Crippen molar-refractivity contribution in [3.05, 3.63) is 0 Å². The van der Waals surface area contributed by atoms with Gasteiger partial charge in [0.15, 0.2) is 0 Å². The monoisotopic (exact) mass is 327 g/mol. The van der Waals surface area contributed by atoms with Gasteiger partial charge in [0.2, 0.25) is 5.91 Å². The first kappa shape index (κ1) is 13.9. The second-order valence-corrected chi connectivity index (χ2v) is 8.59. The normalized spacial score (nSPS) is 41.3. The minimum atomic E-state index is 0.00594. The molecule has 1 amide bonds. The van der Waals surface area contributed by atoms with Crippen LogP contribution in [0.15, 0.2) is 0 Å². The van der Waals surface area contributed by atoms with Crippen LogP contribution in [0.2, 0.25) is 0 Å². The average molecular weight is 328 g/mol. The van der Waals surface area contributed by atoms with Crippen LogP contribution >= 0.6 is 15.9 Å². The molecule has 4 saturated carbocycles. The van der Waals surface area contributed by atoms with E-state index in [0.717, 1.165) is 30.7 Å². The predicted molar refractivity (Wildman–Crippen MR) is 81.2 cm³/mol. The van der Waals surface area contributed by atoms with Crippen molar-refractivity contribution in [3.8, 4) is 0 Å². The third-order valence-electron chi connectivity index (χ3n) is 5.74. The van der Waals surface area contributed by atoms with E-state index in [1.54, 1.807) is 0 Å². The molecule has 0 N–H and O–H groups in total. The number of rotatable bonds is 4. The summed E-state index contributed by atoms with van der Waals surface area (Å²) in [4.78, 5) is 14.3. The Bertz CT molecular complexity index is 332. The zero-order chi connectivity index (χ0) is 13.6. The number of amides is 1. The molecule has 4 aliphatic rings. The first-order chi connectivity index (χ1) is 9.01. The van der Waals surface area contributed by atoms with Crippen molar-refractivity contribution in [2.75, 3.05) is 13.6 Å². The molecule has 0 aromatic carbocycles. The van der Waals surface area contributed by atoms with E-state index in [0.29, 0.717) is 5.41 Å². The third-order valence-corrected chi connectivity index (χ3v) is 6.78. The summed E-state index contributed by atoms with van der Waals surface area (Å²) in [5, 5.41) is 0. The van der Waals surface area contributed by atoms with Crippen molar-refractivity contribution in [2.24, 2.45) is 23.2 Å². The largest absolute Gasteiger partial charge is 0.344 e. The van der Waals surface area contributed by atoms with E-state index in [4.69, 9.17) is 0 Å². The molecular weight excluding hydrogens is 302 g/mol. The lowest BCUT2D eigenvalue weighted by Crippen LogP contribution is -2.52. The third kappa shape index (κ3) is 2.59. The highest BCUT2D eigenvalue weighted by Crippen LogP contribution is 2.60. The Labute approximate surface area is 125 Å². The Morgan fingerprint density at radius 2 is 1.68 bits per heavy atom. The molecule has 0 spiro atoms. The fraction of sp³-hybridized carbons (Fsp3) is 0.938. The second kappa shape index (κ2) is 5.05. The Kier molecular flexibility index (Phi) is 3.70. The van der Waals surface area contributed by atoms with Gasteiger partial charge >= 0.3 is 0 Å². The summed E-state index contributed by atoms with van der Waals surface area (Å²) >= 11 is 3.50. The van der Waals surface area contributed by atoms with Crippen molar-refractivity contribution < 1.29 is 4.79 Å². The topological polar surface area (TPSA) is 20.3 Å². The predicted octanol–water partition coefficient (Wildman–Crippen LogP) is 3.83. The minimum absolute atomic E-state index is 0.00594. The molecule has 0 radical (unpaired) electrons. The zero-order valence-electron chi connectivity index (χ0n) is 12.2. The Hall–Kier alpha value is -0.0500. The summed E-state index contributed by atoms with van der Waals surface area (Å²) in [5.74, 6) is 3.19. The zero-order valence-corrected chi connectivity index (χ0v) is 13.8. The van der Waals surface area contributed by atoms with Crippen molar-refractivity contribution in [1.29, 1.82) is 0 Å². The Balaban J connectivity index is 1.67. The molecule has 3 heteroatoms. The van der Waals surface area contributed by atoms with Crippen LogP contribution in [0, 0.1) is 23.2 Å². The van der Waals surface area contributed by atoms with Gasteiger partial charge in [-0.05, 0) is 68.1 Å². The van der Waals surface area contributed by atoms with E-state index >= 15 is 0 Å². The van der Waals surface area contributed by atoms with Crippen molar-refractivity contribution in [2.45, 2.75) is 56.7 Å². The van der Waals surface area contributed by atoms with Crippen molar-refractivity contribution >= 4 is 21.8 Å². The smallest absolute Gasteiger partial charge is 0.236 e. The minimum Gasteiger partial charge on any atom is -0.344 e. The molecule has 108 valence electrons. The summed E-state index contributed by atoms with van der Waals surface area (Å²) in [5.41, 5.74) is 0.472. The molecule has 1 unspecified atom stereocenters. The lowest BCUT2D eigenvalue weighted by Gasteiger charge is -2.57. The summed E-state index contributed by atoms with van der Waals surface area (Å²) < 4.78 is 0. The van der Waals surface area contributed by atoms with Gasteiger partial charge in [-0.2, -0.15) is 0 Å². The van der Waals surface area contributed by atoms with Gasteiger partial charge in [-0.25, -0.2) is 0 Å². The van der Waals surface area contributed by atoms with E-state index in [9.17, 15) is 4.79 Å². The molecule has 0 saturated heterocycles. The standard InChI is InChI=1S/C16H26BrNO/c1-3-14(17)15(19)18(2)10-16-7-11-4-12(8-16)6-13(5-11)9-16/h11-14H,3-10H2,1-2H3. The number of carbonyl (C=O) groups excluding carboxylic acids is 1. The maximum absolute atomic E-state index is 12.3. The number of alkyl halides is 1. The van der Waals surface area contributed by atoms with E-state index in [1.165, 1.54) is 38.5 Å². The van der Waals surface area contributed by atoms with Crippen LogP contribution in [0.1, 0.15) is 51.9 Å². The number of hydrogen-bond acceptors (Lipinski definition) is 1. The first-order valence-corrected chi connectivity index (χ1v) is 8.82. The van der Waals surface area contributed by atoms with Crippen LogP contribution in [0.4, 0.5) is 0 Å². The molecule has 2 nitrogen and oxygen atoms in total. The van der Waals surface area contributed by atoms with E-state index < -0.39 is 0 Å². The molecule has 0 heterocycles. The van der Waals surface area contributed by atoms with Crippen molar-refractivity contribution in [3.63, 3.8) is 0 Å². The molecule has 0 aromatic rings. The van der Waals surface area contributed by atoms with Gasteiger partial charge in [0.1, 0.15) is 0 Å². The molecule has 0 aliphatic heterocycles. The Morgan fingerprint density at radius 1 is 1.21 bits per heavy atom. The summed E-state index contributed by atoms with van der Waals surface area (Å²) in [7, 11) is 2.00. The van der Waals surface area contributed by atoms with Crippen LogP contribution < -0.4 is 0 Å².